The second kappa shape index (κ2) is 9.29. The molecular formula is C29H24N4O. The summed E-state index contributed by atoms with van der Waals surface area (Å²) in [6, 6.07) is 27.8. The molecule has 2 unspecified atom stereocenters. The van der Waals surface area contributed by atoms with Gasteiger partial charge < -0.3 is 5.32 Å². The van der Waals surface area contributed by atoms with Crippen LogP contribution in [0.4, 0.5) is 0 Å². The number of carbonyl (C=O) groups is 1. The summed E-state index contributed by atoms with van der Waals surface area (Å²) in [5.74, 6) is 0.269. The van der Waals surface area contributed by atoms with Gasteiger partial charge in [0, 0.05) is 37.3 Å². The van der Waals surface area contributed by atoms with E-state index in [2.05, 4.69) is 33.5 Å². The van der Waals surface area contributed by atoms with Crippen molar-refractivity contribution in [3.8, 4) is 6.07 Å². The van der Waals surface area contributed by atoms with Crippen molar-refractivity contribution in [2.45, 2.75) is 17.8 Å². The topological polar surface area (TPSA) is 78.7 Å². The van der Waals surface area contributed by atoms with Crippen LogP contribution in [0.5, 0.6) is 0 Å². The minimum atomic E-state index is -0.748. The number of nitrogens with one attached hydrogen (secondary N) is 1. The molecule has 166 valence electrons. The van der Waals surface area contributed by atoms with E-state index in [0.717, 1.165) is 23.1 Å². The number of nitrogens with zero attached hydrogens (tertiary/aromatic N) is 3. The Bertz CT molecular complexity index is 1280. The molecule has 1 aliphatic carbocycles. The number of benzene rings is 2. The van der Waals surface area contributed by atoms with Crippen molar-refractivity contribution in [2.75, 3.05) is 6.54 Å². The highest BCUT2D eigenvalue weighted by Crippen LogP contribution is 2.47. The first-order valence-electron chi connectivity index (χ1n) is 11.4. The maximum absolute atomic E-state index is 13.3. The number of amides is 1. The van der Waals surface area contributed by atoms with Gasteiger partial charge in [-0.3, -0.25) is 14.8 Å². The van der Waals surface area contributed by atoms with E-state index in [0.29, 0.717) is 12.1 Å². The van der Waals surface area contributed by atoms with E-state index < -0.39 is 5.41 Å². The smallest absolute Gasteiger partial charge is 0.223 e. The summed E-state index contributed by atoms with van der Waals surface area (Å²) in [4.78, 5) is 22.0. The lowest BCUT2D eigenvalue weighted by molar-refractivity contribution is -0.122. The molecule has 5 heteroatoms. The van der Waals surface area contributed by atoms with Gasteiger partial charge in [0.25, 0.3) is 0 Å². The third-order valence-electron chi connectivity index (χ3n) is 6.68. The summed E-state index contributed by atoms with van der Waals surface area (Å²) in [5.41, 5.74) is 3.77. The van der Waals surface area contributed by atoms with Crippen LogP contribution in [0.15, 0.2) is 104 Å². The van der Waals surface area contributed by atoms with E-state index >= 15 is 0 Å². The number of hydrogen-bond acceptors (Lipinski definition) is 4. The molecule has 1 N–H and O–H groups in total. The van der Waals surface area contributed by atoms with Crippen LogP contribution < -0.4 is 5.32 Å². The predicted octanol–water partition coefficient (Wildman–Crippen LogP) is 4.60. The van der Waals surface area contributed by atoms with Crippen molar-refractivity contribution in [3.63, 3.8) is 0 Å². The maximum Gasteiger partial charge on any atom is 0.223 e. The zero-order chi connectivity index (χ0) is 23.4. The molecule has 0 spiro atoms. The minimum absolute atomic E-state index is 0.0339. The number of hydrogen-bond donors (Lipinski definition) is 1. The van der Waals surface area contributed by atoms with E-state index in [1.165, 1.54) is 5.56 Å². The predicted molar refractivity (Wildman–Crippen MR) is 130 cm³/mol. The number of aromatic nitrogens is 2. The van der Waals surface area contributed by atoms with Gasteiger partial charge >= 0.3 is 0 Å². The van der Waals surface area contributed by atoms with Crippen molar-refractivity contribution in [3.05, 3.63) is 131 Å². The second-order valence-corrected chi connectivity index (χ2v) is 8.66. The third kappa shape index (κ3) is 4.06. The van der Waals surface area contributed by atoms with E-state index in [4.69, 9.17) is 0 Å². The zero-order valence-corrected chi connectivity index (χ0v) is 18.6. The fraction of sp³-hybridized carbons (Fsp3) is 0.172. The lowest BCUT2D eigenvalue weighted by atomic mass is 9.70. The van der Waals surface area contributed by atoms with Crippen molar-refractivity contribution in [1.82, 2.24) is 15.3 Å². The number of pyridine rings is 2. The Morgan fingerprint density at radius 2 is 1.59 bits per heavy atom. The maximum atomic E-state index is 13.3. The average molecular weight is 445 g/mol. The molecule has 2 heterocycles. The van der Waals surface area contributed by atoms with Gasteiger partial charge in [-0.15, -0.1) is 0 Å². The molecule has 1 saturated carbocycles. The molecule has 1 aliphatic rings. The average Bonchev–Trinajstić information content (AvgIpc) is 3.72. The Hall–Kier alpha value is -4.30. The van der Waals surface area contributed by atoms with Gasteiger partial charge in [0.05, 0.1) is 17.0 Å². The summed E-state index contributed by atoms with van der Waals surface area (Å²) >= 11 is 0. The molecule has 0 aliphatic heterocycles. The molecule has 0 saturated heterocycles. The van der Waals surface area contributed by atoms with Crippen LogP contribution >= 0.6 is 0 Å². The molecule has 1 amide bonds. The molecule has 5 nitrogen and oxygen atoms in total. The molecule has 5 rings (SSSR count). The van der Waals surface area contributed by atoms with Gasteiger partial charge in [0.2, 0.25) is 5.91 Å². The summed E-state index contributed by atoms with van der Waals surface area (Å²) in [5, 5.41) is 12.8. The van der Waals surface area contributed by atoms with Crippen LogP contribution in [0, 0.1) is 17.2 Å². The van der Waals surface area contributed by atoms with Crippen LogP contribution in [0.25, 0.3) is 0 Å². The van der Waals surface area contributed by atoms with E-state index in [-0.39, 0.29) is 17.7 Å². The molecular weight excluding hydrogens is 420 g/mol. The number of rotatable bonds is 7. The molecule has 1 fully saturated rings. The van der Waals surface area contributed by atoms with Crippen molar-refractivity contribution >= 4 is 5.91 Å². The zero-order valence-electron chi connectivity index (χ0n) is 18.6. The summed E-state index contributed by atoms with van der Waals surface area (Å²) in [6.45, 7) is 0.329. The van der Waals surface area contributed by atoms with Crippen LogP contribution in [0.3, 0.4) is 0 Å². The molecule has 2 aromatic heterocycles. The summed E-state index contributed by atoms with van der Waals surface area (Å²) in [6.07, 6.45) is 7.96. The Kier molecular flexibility index (Phi) is 5.88. The third-order valence-corrected chi connectivity index (χ3v) is 6.68. The highest BCUT2D eigenvalue weighted by atomic mass is 16.2. The number of nitriles is 1. The molecule has 0 bridgehead atoms. The van der Waals surface area contributed by atoms with Crippen LogP contribution in [-0.4, -0.2) is 22.4 Å². The first-order valence-corrected chi connectivity index (χ1v) is 11.4. The SMILES string of the molecule is N#Cc1cccc(C(CNC(=O)C2CC2c2ccccc2)(c2cccnc2)c2cccnc2)c1. The number of carbonyl (C=O) groups excluding carboxylic acids is 1. The van der Waals surface area contributed by atoms with Gasteiger partial charge in [-0.25, -0.2) is 0 Å². The monoisotopic (exact) mass is 444 g/mol. The molecule has 2 aromatic carbocycles. The highest BCUT2D eigenvalue weighted by Gasteiger charge is 2.45. The second-order valence-electron chi connectivity index (χ2n) is 8.66. The van der Waals surface area contributed by atoms with Crippen LogP contribution in [-0.2, 0) is 10.2 Å². The molecule has 4 aromatic rings. The van der Waals surface area contributed by atoms with E-state index in [9.17, 15) is 10.1 Å². The Morgan fingerprint density at radius 3 is 2.21 bits per heavy atom. The van der Waals surface area contributed by atoms with Gasteiger partial charge in [-0.2, -0.15) is 5.26 Å². The standard InChI is InChI=1S/C29H24N4O/c30-17-21-7-4-10-23(15-21)29(24-11-5-13-31-18-24,25-12-6-14-32-19-25)20-33-28(34)27-16-26(27)22-8-2-1-3-9-22/h1-15,18-19,26-27H,16,20H2,(H,33,34). The van der Waals surface area contributed by atoms with Crippen molar-refractivity contribution < 1.29 is 4.79 Å². The first-order chi connectivity index (χ1) is 16.7. The molecule has 2 atom stereocenters. The van der Waals surface area contributed by atoms with E-state index in [1.807, 2.05) is 73.1 Å². The highest BCUT2D eigenvalue weighted by molar-refractivity contribution is 5.83. The van der Waals surface area contributed by atoms with Gasteiger partial charge in [-0.1, -0.05) is 54.6 Å². The lowest BCUT2D eigenvalue weighted by Crippen LogP contribution is -2.43. The Balaban J connectivity index is 1.53. The molecule has 34 heavy (non-hydrogen) atoms. The van der Waals surface area contributed by atoms with Gasteiger partial charge in [0.15, 0.2) is 0 Å². The Labute approximate surface area is 199 Å². The van der Waals surface area contributed by atoms with Crippen LogP contribution in [0.2, 0.25) is 0 Å². The lowest BCUT2D eigenvalue weighted by Gasteiger charge is -2.35. The Morgan fingerprint density at radius 1 is 0.912 bits per heavy atom. The van der Waals surface area contributed by atoms with Crippen LogP contribution in [0.1, 0.15) is 40.2 Å². The first kappa shape index (κ1) is 21.5. The minimum Gasteiger partial charge on any atom is -0.354 e. The summed E-state index contributed by atoms with van der Waals surface area (Å²) < 4.78 is 0. The van der Waals surface area contributed by atoms with Crippen molar-refractivity contribution in [2.24, 2.45) is 5.92 Å². The fourth-order valence-corrected chi connectivity index (χ4v) is 4.80. The van der Waals surface area contributed by atoms with Gasteiger partial charge in [0.1, 0.15) is 0 Å². The fourth-order valence-electron chi connectivity index (χ4n) is 4.80. The van der Waals surface area contributed by atoms with Gasteiger partial charge in [-0.05, 0) is 58.9 Å². The van der Waals surface area contributed by atoms with E-state index in [1.54, 1.807) is 18.5 Å². The quantitative estimate of drug-likeness (QED) is 0.452. The largest absolute Gasteiger partial charge is 0.354 e. The molecule has 0 radical (unpaired) electrons. The van der Waals surface area contributed by atoms with Crippen molar-refractivity contribution in [1.29, 1.82) is 5.26 Å². The summed E-state index contributed by atoms with van der Waals surface area (Å²) in [7, 11) is 0. The normalized spacial score (nSPS) is 16.9.